The van der Waals surface area contributed by atoms with Gasteiger partial charge in [0.2, 0.25) is 0 Å². The van der Waals surface area contributed by atoms with Gasteiger partial charge in [-0.2, -0.15) is 0 Å². The van der Waals surface area contributed by atoms with Gasteiger partial charge in [-0.15, -0.1) is 24.2 Å². The number of rotatable bonds is 1. The second kappa shape index (κ2) is 4.28. The van der Waals surface area contributed by atoms with Gasteiger partial charge in [0.1, 0.15) is 0 Å². The minimum absolute atomic E-state index is 0.0578. The van der Waals surface area contributed by atoms with Crippen LogP contribution in [-0.4, -0.2) is 0 Å². The van der Waals surface area contributed by atoms with Crippen molar-refractivity contribution >= 4 is 0 Å². The van der Waals surface area contributed by atoms with E-state index in [-0.39, 0.29) is 5.92 Å². The van der Waals surface area contributed by atoms with Gasteiger partial charge in [-0.1, -0.05) is 0 Å². The molecule has 0 aliphatic rings. The average molecular weight is 105 g/mol. The molecule has 41 valence electrons. The molecule has 0 nitrogen and oxygen atoms in total. The highest BCUT2D eigenvalue weighted by Gasteiger charge is 1.88. The van der Waals surface area contributed by atoms with Crippen molar-refractivity contribution in [3.05, 3.63) is 6.92 Å². The Hall–Kier alpha value is -0.880. The topological polar surface area (TPSA) is 0 Å². The third-order valence-corrected chi connectivity index (χ3v) is 0.761. The molecule has 0 rings (SSSR count). The predicted molar refractivity (Wildman–Crippen MR) is 35.7 cm³/mol. The summed E-state index contributed by atoms with van der Waals surface area (Å²) in [5, 5.41) is 0. The third kappa shape index (κ3) is 3.32. The van der Waals surface area contributed by atoms with Crippen LogP contribution in [-0.2, 0) is 0 Å². The van der Waals surface area contributed by atoms with E-state index in [0.717, 1.165) is 0 Å². The Morgan fingerprint density at radius 1 is 1.75 bits per heavy atom. The maximum Gasteiger partial charge on any atom is 0.0310 e. The summed E-state index contributed by atoms with van der Waals surface area (Å²) < 4.78 is 0. The van der Waals surface area contributed by atoms with Crippen LogP contribution in [0, 0.1) is 37.0 Å². The van der Waals surface area contributed by atoms with Gasteiger partial charge in [0, 0.05) is 12.3 Å². The average Bonchev–Trinajstić information content (AvgIpc) is 1.83. The van der Waals surface area contributed by atoms with Crippen molar-refractivity contribution in [1.29, 1.82) is 0 Å². The van der Waals surface area contributed by atoms with E-state index >= 15 is 0 Å². The molecular weight excluding hydrogens is 96.1 g/mol. The molecule has 0 heteroatoms. The zero-order chi connectivity index (χ0) is 6.41. The molecule has 1 atom stereocenters. The van der Waals surface area contributed by atoms with Crippen molar-refractivity contribution in [2.45, 2.75) is 13.3 Å². The predicted octanol–water partition coefficient (Wildman–Crippen LogP) is 1.48. The molecule has 0 aliphatic heterocycles. The largest absolute Gasteiger partial charge is 0.120 e. The zero-order valence-corrected chi connectivity index (χ0v) is 5.07. The lowest BCUT2D eigenvalue weighted by molar-refractivity contribution is 0.881. The molecule has 8 heavy (non-hydrogen) atoms. The Bertz CT molecular complexity index is 138. The second-order valence-electron chi connectivity index (χ2n) is 1.49. The van der Waals surface area contributed by atoms with Crippen molar-refractivity contribution < 1.29 is 0 Å². The van der Waals surface area contributed by atoms with Gasteiger partial charge in [-0.3, -0.25) is 0 Å². The third-order valence-electron chi connectivity index (χ3n) is 0.761. The van der Waals surface area contributed by atoms with E-state index in [2.05, 4.69) is 24.7 Å². The van der Waals surface area contributed by atoms with Crippen LogP contribution in [0.5, 0.6) is 0 Å². The van der Waals surface area contributed by atoms with Gasteiger partial charge in [-0.05, 0) is 13.8 Å². The first-order valence-electron chi connectivity index (χ1n) is 2.50. The molecule has 0 amide bonds. The molecule has 0 saturated carbocycles. The molecule has 0 aromatic heterocycles. The Balaban J connectivity index is 3.38. The molecule has 0 fully saturated rings. The molecule has 0 aromatic carbocycles. The Labute approximate surface area is 51.3 Å². The first kappa shape index (κ1) is 7.12. The Morgan fingerprint density at radius 2 is 2.38 bits per heavy atom. The molecule has 1 radical (unpaired) electrons. The lowest BCUT2D eigenvalue weighted by atomic mass is 10.1. The van der Waals surface area contributed by atoms with Crippen LogP contribution < -0.4 is 0 Å². The van der Waals surface area contributed by atoms with Crippen molar-refractivity contribution in [3.63, 3.8) is 0 Å². The van der Waals surface area contributed by atoms with Gasteiger partial charge < -0.3 is 0 Å². The molecule has 0 spiro atoms. The van der Waals surface area contributed by atoms with Crippen molar-refractivity contribution in [3.8, 4) is 24.2 Å². The van der Waals surface area contributed by atoms with Crippen molar-refractivity contribution in [2.75, 3.05) is 0 Å². The molecule has 0 bridgehead atoms. The smallest absolute Gasteiger partial charge is 0.0310 e. The van der Waals surface area contributed by atoms with E-state index in [1.54, 1.807) is 6.92 Å². The van der Waals surface area contributed by atoms with E-state index in [4.69, 9.17) is 6.42 Å². The lowest BCUT2D eigenvalue weighted by Crippen LogP contribution is -1.85. The quantitative estimate of drug-likeness (QED) is 0.443. The van der Waals surface area contributed by atoms with Crippen LogP contribution in [0.2, 0.25) is 0 Å². The molecule has 0 N–H and O–H groups in total. The van der Waals surface area contributed by atoms with Crippen LogP contribution in [0.25, 0.3) is 0 Å². The van der Waals surface area contributed by atoms with Gasteiger partial charge >= 0.3 is 0 Å². The van der Waals surface area contributed by atoms with E-state index in [1.807, 2.05) is 0 Å². The maximum absolute atomic E-state index is 5.03. The van der Waals surface area contributed by atoms with E-state index in [1.165, 1.54) is 0 Å². The van der Waals surface area contributed by atoms with Crippen LogP contribution in [0.4, 0.5) is 0 Å². The molecule has 0 aromatic rings. The van der Waals surface area contributed by atoms with Gasteiger partial charge in [-0.25, -0.2) is 0 Å². The summed E-state index contributed by atoms with van der Waals surface area (Å²) in [4.78, 5) is 0. The summed E-state index contributed by atoms with van der Waals surface area (Å²) >= 11 is 0. The minimum atomic E-state index is 0.0578. The Morgan fingerprint density at radius 3 is 2.75 bits per heavy atom. The molecule has 1 unspecified atom stereocenters. The van der Waals surface area contributed by atoms with Gasteiger partial charge in [0.05, 0.1) is 0 Å². The zero-order valence-electron chi connectivity index (χ0n) is 5.07. The normalized spacial score (nSPS) is 10.6. The van der Waals surface area contributed by atoms with Crippen molar-refractivity contribution in [2.24, 2.45) is 5.92 Å². The molecule has 0 aliphatic carbocycles. The number of terminal acetylenes is 1. The van der Waals surface area contributed by atoms with Crippen molar-refractivity contribution in [1.82, 2.24) is 0 Å². The van der Waals surface area contributed by atoms with Gasteiger partial charge in [0.25, 0.3) is 0 Å². The van der Waals surface area contributed by atoms with Crippen LogP contribution in [0.1, 0.15) is 13.3 Å². The standard InChI is InChI=1S/C8H9/c1-4-6-7-8(3)5-2/h2,8H,3,7H2,1H3. The molecule has 0 saturated heterocycles. The first-order chi connectivity index (χ1) is 3.81. The van der Waals surface area contributed by atoms with E-state index in [0.29, 0.717) is 6.42 Å². The van der Waals surface area contributed by atoms with E-state index < -0.39 is 0 Å². The maximum atomic E-state index is 5.03. The fourth-order valence-electron chi connectivity index (χ4n) is 0.284. The number of hydrogen-bond donors (Lipinski definition) is 0. The number of hydrogen-bond acceptors (Lipinski definition) is 0. The fraction of sp³-hybridized carbons (Fsp3) is 0.375. The highest BCUT2D eigenvalue weighted by molar-refractivity contribution is 5.04. The fourth-order valence-corrected chi connectivity index (χ4v) is 0.284. The van der Waals surface area contributed by atoms with Gasteiger partial charge in [0.15, 0.2) is 0 Å². The first-order valence-corrected chi connectivity index (χ1v) is 2.50. The highest BCUT2D eigenvalue weighted by Crippen LogP contribution is 1.94. The van der Waals surface area contributed by atoms with Crippen LogP contribution >= 0.6 is 0 Å². The SMILES string of the molecule is C#CC([CH2])CC#CC. The minimum Gasteiger partial charge on any atom is -0.120 e. The summed E-state index contributed by atoms with van der Waals surface area (Å²) in [7, 11) is 0. The summed E-state index contributed by atoms with van der Waals surface area (Å²) in [6.07, 6.45) is 5.75. The summed E-state index contributed by atoms with van der Waals surface area (Å²) in [5.41, 5.74) is 0. The monoisotopic (exact) mass is 105 g/mol. The summed E-state index contributed by atoms with van der Waals surface area (Å²) in [6.45, 7) is 5.45. The lowest BCUT2D eigenvalue weighted by Gasteiger charge is -1.90. The summed E-state index contributed by atoms with van der Waals surface area (Å²) in [6, 6.07) is 0. The van der Waals surface area contributed by atoms with Crippen LogP contribution in [0.3, 0.4) is 0 Å². The second-order valence-corrected chi connectivity index (χ2v) is 1.49. The molecular formula is C8H9. The molecule has 0 heterocycles. The Kier molecular flexibility index (Phi) is 3.81. The van der Waals surface area contributed by atoms with E-state index in [9.17, 15) is 0 Å². The van der Waals surface area contributed by atoms with Crippen LogP contribution in [0.15, 0.2) is 0 Å². The summed E-state index contributed by atoms with van der Waals surface area (Å²) in [5.74, 6) is 8.14. The highest BCUT2D eigenvalue weighted by atomic mass is 13.9.